The zero-order chi connectivity index (χ0) is 33.0. The van der Waals surface area contributed by atoms with Crippen molar-refractivity contribution in [1.82, 2.24) is 29.1 Å². The third kappa shape index (κ3) is 4.50. The third-order valence-corrected chi connectivity index (χ3v) is 9.49. The summed E-state index contributed by atoms with van der Waals surface area (Å²) in [6.07, 6.45) is 7.65. The van der Waals surface area contributed by atoms with Crippen molar-refractivity contribution >= 4 is 43.6 Å². The molecule has 6 heteroatoms. The van der Waals surface area contributed by atoms with Gasteiger partial charge in [-0.1, -0.05) is 97.1 Å². The van der Waals surface area contributed by atoms with E-state index in [0.29, 0.717) is 5.82 Å². The van der Waals surface area contributed by atoms with Crippen LogP contribution < -0.4 is 0 Å². The van der Waals surface area contributed by atoms with Crippen LogP contribution in [0.2, 0.25) is 0 Å². The molecule has 0 radical (unpaired) electrons. The molecule has 0 saturated carbocycles. The molecule has 5 aromatic carbocycles. The third-order valence-electron chi connectivity index (χ3n) is 9.49. The van der Waals surface area contributed by atoms with Gasteiger partial charge in [0.25, 0.3) is 0 Å². The van der Waals surface area contributed by atoms with Gasteiger partial charge in [-0.15, -0.1) is 0 Å². The van der Waals surface area contributed by atoms with Crippen LogP contribution in [0.15, 0.2) is 170 Å². The van der Waals surface area contributed by atoms with Crippen LogP contribution in [0.25, 0.3) is 88.9 Å². The summed E-state index contributed by atoms with van der Waals surface area (Å²) in [6.45, 7) is 0. The number of hydrogen-bond acceptors (Lipinski definition) is 4. The molecule has 0 aliphatic rings. The van der Waals surface area contributed by atoms with E-state index < -0.39 is 0 Å². The summed E-state index contributed by atoms with van der Waals surface area (Å²) in [4.78, 5) is 19.3. The van der Waals surface area contributed by atoms with E-state index in [1.807, 2.05) is 61.2 Å². The molecule has 0 saturated heterocycles. The topological polar surface area (TPSA) is 61.4 Å². The van der Waals surface area contributed by atoms with Gasteiger partial charge >= 0.3 is 0 Å². The van der Waals surface area contributed by atoms with Crippen molar-refractivity contribution in [2.45, 2.75) is 0 Å². The predicted octanol–water partition coefficient (Wildman–Crippen LogP) is 10.5. The number of rotatable bonds is 5. The molecular formula is C44H28N6. The van der Waals surface area contributed by atoms with E-state index in [4.69, 9.17) is 9.97 Å². The second-order valence-corrected chi connectivity index (χ2v) is 12.4. The summed E-state index contributed by atoms with van der Waals surface area (Å²) >= 11 is 0. The Morgan fingerprint density at radius 2 is 0.820 bits per heavy atom. The van der Waals surface area contributed by atoms with E-state index in [2.05, 4.69) is 128 Å². The molecular weight excluding hydrogens is 613 g/mol. The number of aromatic nitrogens is 6. The number of fused-ring (bicyclic) bond motifs is 6. The van der Waals surface area contributed by atoms with Gasteiger partial charge in [-0.05, 0) is 48.5 Å². The van der Waals surface area contributed by atoms with Crippen LogP contribution in [0.1, 0.15) is 0 Å². The lowest BCUT2D eigenvalue weighted by Gasteiger charge is -2.16. The molecule has 5 aromatic heterocycles. The highest BCUT2D eigenvalue weighted by molar-refractivity contribution is 6.10. The van der Waals surface area contributed by atoms with Crippen LogP contribution >= 0.6 is 0 Å². The van der Waals surface area contributed by atoms with Crippen LogP contribution in [0.5, 0.6) is 0 Å². The van der Waals surface area contributed by atoms with Crippen LogP contribution in [0.3, 0.4) is 0 Å². The quantitative estimate of drug-likeness (QED) is 0.188. The largest absolute Gasteiger partial charge is 0.309 e. The van der Waals surface area contributed by atoms with Crippen LogP contribution in [-0.4, -0.2) is 29.1 Å². The average molecular weight is 641 g/mol. The number of hydrogen-bond donors (Lipinski definition) is 0. The first-order valence-electron chi connectivity index (χ1n) is 16.6. The van der Waals surface area contributed by atoms with Crippen LogP contribution in [0.4, 0.5) is 0 Å². The molecule has 0 aliphatic carbocycles. The van der Waals surface area contributed by atoms with Crippen molar-refractivity contribution in [1.29, 1.82) is 0 Å². The molecule has 0 fully saturated rings. The zero-order valence-corrected chi connectivity index (χ0v) is 26.8. The molecule has 0 N–H and O–H groups in total. The minimum absolute atomic E-state index is 0.680. The molecule has 6 nitrogen and oxygen atoms in total. The SMILES string of the molecule is c1ccc(-c2cc(-c3cc(-n4c5ccccc5c5cnccc54)cc(-n4c5ccccc5c5cnccc54)c3)nc(-c3ccccc3)n2)cc1. The average Bonchev–Trinajstić information content (AvgIpc) is 3.71. The Kier molecular flexibility index (Phi) is 6.39. The molecule has 234 valence electrons. The lowest BCUT2D eigenvalue weighted by Crippen LogP contribution is -2.01. The Bertz CT molecular complexity index is 2570. The van der Waals surface area contributed by atoms with Gasteiger partial charge in [0.15, 0.2) is 5.82 Å². The summed E-state index contributed by atoms with van der Waals surface area (Å²) in [7, 11) is 0. The first-order chi connectivity index (χ1) is 24.8. The highest BCUT2D eigenvalue weighted by Crippen LogP contribution is 2.38. The number of pyridine rings is 2. The van der Waals surface area contributed by atoms with E-state index in [0.717, 1.165) is 83.1 Å². The Hall–Kier alpha value is -6.92. The van der Waals surface area contributed by atoms with Crippen molar-refractivity contribution in [3.8, 4) is 45.3 Å². The molecule has 0 atom stereocenters. The molecule has 10 rings (SSSR count). The maximum absolute atomic E-state index is 5.24. The highest BCUT2D eigenvalue weighted by atomic mass is 15.0. The maximum atomic E-state index is 5.24. The van der Waals surface area contributed by atoms with Gasteiger partial charge in [-0.3, -0.25) is 9.97 Å². The summed E-state index contributed by atoms with van der Waals surface area (Å²) in [5.74, 6) is 0.680. The molecule has 50 heavy (non-hydrogen) atoms. The fraction of sp³-hybridized carbons (Fsp3) is 0. The van der Waals surface area contributed by atoms with Gasteiger partial charge < -0.3 is 9.13 Å². The minimum atomic E-state index is 0.680. The first kappa shape index (κ1) is 28.1. The number of nitrogens with zero attached hydrogens (tertiary/aromatic N) is 6. The highest BCUT2D eigenvalue weighted by Gasteiger charge is 2.19. The Morgan fingerprint density at radius 1 is 0.360 bits per heavy atom. The van der Waals surface area contributed by atoms with Crippen LogP contribution in [-0.2, 0) is 0 Å². The predicted molar refractivity (Wildman–Crippen MR) is 203 cm³/mol. The molecule has 10 aromatic rings. The van der Waals surface area contributed by atoms with E-state index >= 15 is 0 Å². The summed E-state index contributed by atoms with van der Waals surface area (Å²) in [6, 6.07) is 50.7. The van der Waals surface area contributed by atoms with Crippen molar-refractivity contribution < 1.29 is 0 Å². The fourth-order valence-corrected chi connectivity index (χ4v) is 7.26. The van der Waals surface area contributed by atoms with Gasteiger partial charge in [0, 0.05) is 74.4 Å². The van der Waals surface area contributed by atoms with Crippen LogP contribution in [0, 0.1) is 0 Å². The zero-order valence-electron chi connectivity index (χ0n) is 26.8. The molecule has 0 amide bonds. The second-order valence-electron chi connectivity index (χ2n) is 12.4. The van der Waals surface area contributed by atoms with Gasteiger partial charge in [-0.25, -0.2) is 9.97 Å². The van der Waals surface area contributed by atoms with Gasteiger partial charge in [-0.2, -0.15) is 0 Å². The lowest BCUT2D eigenvalue weighted by atomic mass is 10.0. The standard InChI is InChI=1S/C44H28N6/c1-3-11-29(12-4-1)38-26-39(48-44(47-38)30-13-5-2-6-14-30)31-23-32(49-40-17-9-7-15-34(40)36-27-45-21-19-42(36)49)25-33(24-31)50-41-18-10-8-16-35(41)37-28-46-22-20-43(37)50/h1-28H. The number of para-hydroxylation sites is 2. The maximum Gasteiger partial charge on any atom is 0.160 e. The van der Waals surface area contributed by atoms with Gasteiger partial charge in [0.05, 0.1) is 33.5 Å². The van der Waals surface area contributed by atoms with Gasteiger partial charge in [0.1, 0.15) is 0 Å². The van der Waals surface area contributed by atoms with Gasteiger partial charge in [0.2, 0.25) is 0 Å². The Balaban J connectivity index is 1.31. The second kappa shape index (κ2) is 11.4. The van der Waals surface area contributed by atoms with Crippen molar-refractivity contribution in [3.63, 3.8) is 0 Å². The number of benzene rings is 5. The van der Waals surface area contributed by atoms with E-state index in [1.54, 1.807) is 0 Å². The normalized spacial score (nSPS) is 11.6. The van der Waals surface area contributed by atoms with E-state index in [-0.39, 0.29) is 0 Å². The molecule has 0 spiro atoms. The molecule has 0 aliphatic heterocycles. The van der Waals surface area contributed by atoms with Crippen molar-refractivity contribution in [2.24, 2.45) is 0 Å². The fourth-order valence-electron chi connectivity index (χ4n) is 7.26. The molecule has 5 heterocycles. The lowest BCUT2D eigenvalue weighted by molar-refractivity contribution is 1.12. The minimum Gasteiger partial charge on any atom is -0.309 e. The summed E-state index contributed by atoms with van der Waals surface area (Å²) in [5, 5.41) is 4.53. The molecule has 0 unspecified atom stereocenters. The Morgan fingerprint density at radius 3 is 1.38 bits per heavy atom. The van der Waals surface area contributed by atoms with E-state index in [9.17, 15) is 0 Å². The molecule has 0 bridgehead atoms. The Labute approximate surface area is 287 Å². The first-order valence-corrected chi connectivity index (χ1v) is 16.6. The van der Waals surface area contributed by atoms with Crippen molar-refractivity contribution in [3.05, 3.63) is 170 Å². The summed E-state index contributed by atoms with van der Waals surface area (Å²) in [5.41, 5.74) is 11.1. The monoisotopic (exact) mass is 640 g/mol. The summed E-state index contributed by atoms with van der Waals surface area (Å²) < 4.78 is 4.68. The van der Waals surface area contributed by atoms with E-state index in [1.165, 1.54) is 0 Å². The smallest absolute Gasteiger partial charge is 0.160 e. The van der Waals surface area contributed by atoms with Crippen molar-refractivity contribution in [2.75, 3.05) is 0 Å².